The average molecular weight is 374 g/mol. The van der Waals surface area contributed by atoms with Crippen LogP contribution in [0, 0.1) is 11.7 Å². The van der Waals surface area contributed by atoms with E-state index < -0.39 is 0 Å². The van der Waals surface area contributed by atoms with Crippen LogP contribution in [0.2, 0.25) is 0 Å². The first-order valence-corrected chi connectivity index (χ1v) is 8.98. The molecule has 0 bridgehead atoms. The minimum absolute atomic E-state index is 0.135. The van der Waals surface area contributed by atoms with E-state index in [0.717, 1.165) is 22.9 Å². The van der Waals surface area contributed by atoms with Crippen molar-refractivity contribution >= 4 is 12.2 Å². The van der Waals surface area contributed by atoms with Crippen LogP contribution in [-0.4, -0.2) is 14.2 Å². The van der Waals surface area contributed by atoms with Crippen molar-refractivity contribution in [3.05, 3.63) is 95.4 Å². The van der Waals surface area contributed by atoms with E-state index in [1.807, 2.05) is 96.4 Å². The van der Waals surface area contributed by atoms with E-state index in [0.29, 0.717) is 10.5 Å². The van der Waals surface area contributed by atoms with Crippen LogP contribution in [0.3, 0.4) is 0 Å². The van der Waals surface area contributed by atoms with E-state index in [1.165, 1.54) is 0 Å². The molecule has 0 aliphatic carbocycles. The van der Waals surface area contributed by atoms with Crippen LogP contribution in [0.15, 0.2) is 84.9 Å². The van der Waals surface area contributed by atoms with Gasteiger partial charge in [0.15, 0.2) is 4.77 Å². The van der Waals surface area contributed by atoms with E-state index in [1.54, 1.807) is 4.57 Å². The summed E-state index contributed by atoms with van der Waals surface area (Å²) in [7, 11) is 0. The Morgan fingerprint density at radius 3 is 1.85 bits per heavy atom. The third-order valence-corrected chi connectivity index (χ3v) is 4.71. The molecule has 3 aromatic carbocycles. The van der Waals surface area contributed by atoms with Crippen LogP contribution < -0.4 is 4.74 Å². The second-order valence-electron chi connectivity index (χ2n) is 6.11. The highest BCUT2D eigenvalue weighted by Gasteiger charge is 2.16. The van der Waals surface area contributed by atoms with Gasteiger partial charge < -0.3 is 9.84 Å². The fraction of sp³-hybridized carbons (Fsp3) is 0.0455. The van der Waals surface area contributed by atoms with Crippen molar-refractivity contribution in [1.82, 2.24) is 9.13 Å². The minimum atomic E-state index is 0.135. The van der Waals surface area contributed by atoms with Crippen molar-refractivity contribution in [2.45, 2.75) is 6.92 Å². The number of ether oxygens (including phenoxy) is 1. The minimum Gasteiger partial charge on any atom is -0.493 e. The van der Waals surface area contributed by atoms with Gasteiger partial charge in [0.1, 0.15) is 11.5 Å². The standard InChI is InChI=1S/C22H18N2O2S/c1-16-21(25)24(17-8-4-2-5-9-17)22(27)23(16)18-12-14-20(15-13-18)26-19-10-6-3-7-11-19/h2-15,25H,1H3. The molecular weight excluding hydrogens is 356 g/mol. The number of aromatic hydroxyl groups is 1. The Balaban J connectivity index is 1.71. The molecule has 134 valence electrons. The Labute approximate surface area is 162 Å². The Bertz CT molecular complexity index is 1110. The second kappa shape index (κ2) is 7.13. The number of hydrogen-bond acceptors (Lipinski definition) is 3. The number of hydrogen-bond donors (Lipinski definition) is 1. The number of imidazole rings is 1. The number of para-hydroxylation sites is 2. The first-order chi connectivity index (χ1) is 13.1. The molecule has 0 atom stereocenters. The SMILES string of the molecule is Cc1c(O)n(-c2ccccc2)c(=S)n1-c1ccc(Oc2ccccc2)cc1. The third kappa shape index (κ3) is 3.25. The zero-order chi connectivity index (χ0) is 18.8. The maximum atomic E-state index is 10.6. The summed E-state index contributed by atoms with van der Waals surface area (Å²) < 4.78 is 9.86. The van der Waals surface area contributed by atoms with Crippen molar-refractivity contribution in [3.63, 3.8) is 0 Å². The number of aromatic nitrogens is 2. The highest BCUT2D eigenvalue weighted by Crippen LogP contribution is 2.29. The largest absolute Gasteiger partial charge is 0.493 e. The average Bonchev–Trinajstić information content (AvgIpc) is 2.93. The van der Waals surface area contributed by atoms with Gasteiger partial charge in [-0.2, -0.15) is 0 Å². The summed E-state index contributed by atoms with van der Waals surface area (Å²) >= 11 is 5.64. The van der Waals surface area contributed by atoms with Crippen LogP contribution in [0.1, 0.15) is 5.69 Å². The Morgan fingerprint density at radius 2 is 1.22 bits per heavy atom. The van der Waals surface area contributed by atoms with Gasteiger partial charge in [-0.05, 0) is 67.7 Å². The van der Waals surface area contributed by atoms with E-state index in [2.05, 4.69) is 0 Å². The molecule has 0 aliphatic heterocycles. The van der Waals surface area contributed by atoms with Crippen molar-refractivity contribution in [1.29, 1.82) is 0 Å². The predicted octanol–water partition coefficient (Wildman–Crippen LogP) is 5.80. The lowest BCUT2D eigenvalue weighted by Gasteiger charge is -2.08. The van der Waals surface area contributed by atoms with Gasteiger partial charge in [0.2, 0.25) is 5.88 Å². The van der Waals surface area contributed by atoms with E-state index >= 15 is 0 Å². The van der Waals surface area contributed by atoms with Gasteiger partial charge in [0.25, 0.3) is 0 Å². The van der Waals surface area contributed by atoms with Crippen LogP contribution in [0.25, 0.3) is 11.4 Å². The van der Waals surface area contributed by atoms with Gasteiger partial charge >= 0.3 is 0 Å². The van der Waals surface area contributed by atoms with Gasteiger partial charge in [-0.25, -0.2) is 0 Å². The molecule has 1 aromatic heterocycles. The summed E-state index contributed by atoms with van der Waals surface area (Å²) in [5.74, 6) is 1.66. The molecule has 0 unspecified atom stereocenters. The fourth-order valence-electron chi connectivity index (χ4n) is 3.00. The molecule has 4 rings (SSSR count). The molecule has 0 fully saturated rings. The molecule has 1 N–H and O–H groups in total. The van der Waals surface area contributed by atoms with E-state index in [-0.39, 0.29) is 5.88 Å². The fourth-order valence-corrected chi connectivity index (χ4v) is 3.43. The zero-order valence-electron chi connectivity index (χ0n) is 14.7. The van der Waals surface area contributed by atoms with Crippen LogP contribution >= 0.6 is 12.2 Å². The monoisotopic (exact) mass is 374 g/mol. The lowest BCUT2D eigenvalue weighted by Crippen LogP contribution is -1.99. The number of nitrogens with zero attached hydrogens (tertiary/aromatic N) is 2. The molecule has 0 saturated heterocycles. The molecule has 1 heterocycles. The van der Waals surface area contributed by atoms with Gasteiger partial charge in [0.05, 0.1) is 11.4 Å². The summed E-state index contributed by atoms with van der Waals surface area (Å²) in [6.07, 6.45) is 0. The van der Waals surface area contributed by atoms with Crippen molar-refractivity contribution in [3.8, 4) is 28.8 Å². The molecule has 0 saturated carbocycles. The van der Waals surface area contributed by atoms with Crippen molar-refractivity contribution < 1.29 is 9.84 Å². The molecule has 0 spiro atoms. The lowest BCUT2D eigenvalue weighted by atomic mass is 10.3. The lowest BCUT2D eigenvalue weighted by molar-refractivity contribution is 0.437. The van der Waals surface area contributed by atoms with Gasteiger partial charge in [-0.1, -0.05) is 36.4 Å². The maximum Gasteiger partial charge on any atom is 0.218 e. The molecule has 0 radical (unpaired) electrons. The van der Waals surface area contributed by atoms with E-state index in [4.69, 9.17) is 17.0 Å². The Hall–Kier alpha value is -3.31. The number of benzene rings is 3. The summed E-state index contributed by atoms with van der Waals surface area (Å²) in [6, 6.07) is 26.8. The molecule has 5 heteroatoms. The van der Waals surface area contributed by atoms with E-state index in [9.17, 15) is 5.11 Å². The summed E-state index contributed by atoms with van der Waals surface area (Å²) in [5.41, 5.74) is 2.37. The molecule has 4 nitrogen and oxygen atoms in total. The third-order valence-electron chi connectivity index (χ3n) is 4.34. The highest BCUT2D eigenvalue weighted by atomic mass is 32.1. The summed E-state index contributed by atoms with van der Waals surface area (Å²) in [5, 5.41) is 10.6. The normalized spacial score (nSPS) is 10.7. The van der Waals surface area contributed by atoms with Crippen LogP contribution in [0.4, 0.5) is 0 Å². The number of rotatable bonds is 4. The van der Waals surface area contributed by atoms with Crippen LogP contribution in [0.5, 0.6) is 17.4 Å². The first kappa shape index (κ1) is 17.1. The predicted molar refractivity (Wildman–Crippen MR) is 109 cm³/mol. The van der Waals surface area contributed by atoms with Gasteiger partial charge in [-0.3, -0.25) is 9.13 Å². The molecular formula is C22H18N2O2S. The second-order valence-corrected chi connectivity index (χ2v) is 6.47. The van der Waals surface area contributed by atoms with Gasteiger partial charge in [-0.15, -0.1) is 0 Å². The quantitative estimate of drug-likeness (QED) is 0.459. The Kier molecular flexibility index (Phi) is 4.52. The summed E-state index contributed by atoms with van der Waals surface area (Å²) in [6.45, 7) is 1.85. The highest BCUT2D eigenvalue weighted by molar-refractivity contribution is 7.71. The van der Waals surface area contributed by atoms with Gasteiger partial charge in [0, 0.05) is 5.69 Å². The van der Waals surface area contributed by atoms with Crippen molar-refractivity contribution in [2.75, 3.05) is 0 Å². The first-order valence-electron chi connectivity index (χ1n) is 8.57. The molecule has 0 amide bonds. The molecule has 0 aliphatic rings. The maximum absolute atomic E-state index is 10.6. The van der Waals surface area contributed by atoms with Crippen LogP contribution in [-0.2, 0) is 0 Å². The smallest absolute Gasteiger partial charge is 0.218 e. The zero-order valence-corrected chi connectivity index (χ0v) is 15.6. The Morgan fingerprint density at radius 1 is 0.704 bits per heavy atom. The molecule has 4 aromatic rings. The van der Waals surface area contributed by atoms with Crippen molar-refractivity contribution in [2.24, 2.45) is 0 Å². The summed E-state index contributed by atoms with van der Waals surface area (Å²) in [4.78, 5) is 0. The topological polar surface area (TPSA) is 39.3 Å². The molecule has 27 heavy (non-hydrogen) atoms.